The van der Waals surface area contributed by atoms with E-state index in [9.17, 15) is 0 Å². The van der Waals surface area contributed by atoms with Crippen LogP contribution < -0.4 is 0 Å². The van der Waals surface area contributed by atoms with E-state index in [-0.39, 0.29) is 0 Å². The van der Waals surface area contributed by atoms with Gasteiger partial charge in [-0.05, 0) is 63.7 Å². The molecule has 0 spiro atoms. The molecule has 0 amide bonds. The molecular formula is C73H46N8. The van der Waals surface area contributed by atoms with Crippen molar-refractivity contribution >= 4 is 43.6 Å². The summed E-state index contributed by atoms with van der Waals surface area (Å²) in [4.78, 5) is 31.8. The molecule has 0 fully saturated rings. The first-order valence-corrected chi connectivity index (χ1v) is 27.3. The van der Waals surface area contributed by atoms with Crippen LogP contribution in [0.2, 0.25) is 0 Å². The first-order valence-electron chi connectivity index (χ1n) is 27.3. The number of nitrogens with zero attached hydrogens (tertiary/aromatic N) is 8. The van der Waals surface area contributed by atoms with Crippen molar-refractivity contribution in [2.75, 3.05) is 0 Å². The molecule has 0 N–H and O–H groups in total. The van der Waals surface area contributed by atoms with Crippen LogP contribution in [0.25, 0.3) is 123 Å². The average Bonchev–Trinajstić information content (AvgIpc) is 4.38. The van der Waals surface area contributed by atoms with Crippen molar-refractivity contribution < 1.29 is 0 Å². The highest BCUT2D eigenvalue weighted by Gasteiger charge is 2.46. The third-order valence-electron chi connectivity index (χ3n) is 16.1. The largest absolute Gasteiger partial charge is 0.307 e. The molecule has 1 aliphatic carbocycles. The summed E-state index contributed by atoms with van der Waals surface area (Å²) in [5.74, 6) is 3.46. The first-order chi connectivity index (χ1) is 40.2. The Morgan fingerprint density at radius 1 is 0.259 bits per heavy atom. The zero-order valence-corrected chi connectivity index (χ0v) is 43.6. The van der Waals surface area contributed by atoms with E-state index in [0.29, 0.717) is 35.1 Å². The standard InChI is InChI=1S/C73H46N8/c1-6-23-47(24-7-1)67-74-68(48-25-8-2-9-26-48)76-70(75-67)50-29-22-34-54(45-50)80-63-39-20-17-36-56(63)58-42-43-59-57-37-18-21-40-64(57)81(66(59)65(58)80)72-78-69(49-27-10-3-11-28-49)77-71(79-72)51-41-44-62-60(46-51)55-35-16-19-38-61(55)73(62,52-30-12-4-13-31-52)53-32-14-5-15-33-53/h1-46H. The number of hydrogen-bond donors (Lipinski definition) is 0. The van der Waals surface area contributed by atoms with E-state index in [2.05, 4.69) is 209 Å². The lowest BCUT2D eigenvalue weighted by atomic mass is 9.67. The second-order valence-electron chi connectivity index (χ2n) is 20.6. The third-order valence-corrected chi connectivity index (χ3v) is 16.1. The number of fused-ring (bicyclic) bond motifs is 10. The monoisotopic (exact) mass is 1030 g/mol. The van der Waals surface area contributed by atoms with Crippen LogP contribution in [0.4, 0.5) is 0 Å². The van der Waals surface area contributed by atoms with Gasteiger partial charge in [-0.15, -0.1) is 0 Å². The lowest BCUT2D eigenvalue weighted by Crippen LogP contribution is -2.28. The van der Waals surface area contributed by atoms with Crippen molar-refractivity contribution in [2.45, 2.75) is 5.41 Å². The van der Waals surface area contributed by atoms with Gasteiger partial charge < -0.3 is 4.57 Å². The van der Waals surface area contributed by atoms with Gasteiger partial charge in [0.2, 0.25) is 5.95 Å². The van der Waals surface area contributed by atoms with E-state index in [1.807, 2.05) is 78.9 Å². The van der Waals surface area contributed by atoms with E-state index in [4.69, 9.17) is 29.9 Å². The molecule has 11 aromatic carbocycles. The molecule has 0 bridgehead atoms. The lowest BCUT2D eigenvalue weighted by Gasteiger charge is -2.33. The van der Waals surface area contributed by atoms with Crippen molar-refractivity contribution in [3.05, 3.63) is 301 Å². The van der Waals surface area contributed by atoms with Crippen LogP contribution in [0.3, 0.4) is 0 Å². The molecule has 0 saturated heterocycles. The molecule has 0 atom stereocenters. The van der Waals surface area contributed by atoms with Crippen molar-refractivity contribution in [3.63, 3.8) is 0 Å². The normalized spacial score (nSPS) is 12.5. The number of aromatic nitrogens is 8. The molecule has 8 nitrogen and oxygen atoms in total. The zero-order chi connectivity index (χ0) is 53.4. The SMILES string of the molecule is c1ccc(-c2nc(-c3ccccc3)nc(-c3cccc(-n4c5ccccc5c5ccc6c7ccccc7n(-c7nc(-c8ccccc8)nc(-c8ccc9c(c8)-c8ccccc8C9(c8ccccc8)c8ccccc8)n7)c6c54)c3)n2)cc1. The minimum absolute atomic E-state index is 0.513. The van der Waals surface area contributed by atoms with Gasteiger partial charge in [0.15, 0.2) is 29.1 Å². The predicted molar refractivity (Wildman–Crippen MR) is 326 cm³/mol. The summed E-state index contributed by atoms with van der Waals surface area (Å²) in [6.45, 7) is 0. The zero-order valence-electron chi connectivity index (χ0n) is 43.6. The topological polar surface area (TPSA) is 87.2 Å². The van der Waals surface area contributed by atoms with E-state index in [1.165, 1.54) is 27.8 Å². The molecule has 4 heterocycles. The molecule has 15 aromatic rings. The van der Waals surface area contributed by atoms with E-state index < -0.39 is 5.41 Å². The fourth-order valence-electron chi connectivity index (χ4n) is 12.6. The second kappa shape index (κ2) is 18.6. The van der Waals surface area contributed by atoms with Crippen LogP contribution in [0.1, 0.15) is 22.3 Å². The van der Waals surface area contributed by atoms with Crippen molar-refractivity contribution in [1.29, 1.82) is 0 Å². The Morgan fingerprint density at radius 3 is 1.23 bits per heavy atom. The maximum absolute atomic E-state index is 5.60. The van der Waals surface area contributed by atoms with Gasteiger partial charge in [0.05, 0.1) is 27.5 Å². The van der Waals surface area contributed by atoms with Crippen LogP contribution in [0.15, 0.2) is 279 Å². The summed E-state index contributed by atoms with van der Waals surface area (Å²) in [6, 6.07) is 98.2. The molecule has 16 rings (SSSR count). The predicted octanol–water partition coefficient (Wildman–Crippen LogP) is 16.9. The summed E-state index contributed by atoms with van der Waals surface area (Å²) < 4.78 is 4.64. The minimum atomic E-state index is -0.541. The summed E-state index contributed by atoms with van der Waals surface area (Å²) in [5.41, 5.74) is 16.1. The van der Waals surface area contributed by atoms with E-state index >= 15 is 0 Å². The Labute approximate surface area is 466 Å². The van der Waals surface area contributed by atoms with Gasteiger partial charge in [-0.2, -0.15) is 9.97 Å². The second-order valence-corrected chi connectivity index (χ2v) is 20.6. The van der Waals surface area contributed by atoms with Crippen LogP contribution in [-0.4, -0.2) is 39.0 Å². The molecule has 0 aliphatic heterocycles. The summed E-state index contributed by atoms with van der Waals surface area (Å²) >= 11 is 0. The molecular weight excluding hydrogens is 989 g/mol. The van der Waals surface area contributed by atoms with Crippen molar-refractivity contribution in [1.82, 2.24) is 39.0 Å². The van der Waals surface area contributed by atoms with Gasteiger partial charge in [0.1, 0.15) is 0 Å². The molecule has 0 radical (unpaired) electrons. The molecule has 4 aromatic heterocycles. The van der Waals surface area contributed by atoms with Crippen molar-refractivity contribution in [2.24, 2.45) is 0 Å². The Balaban J connectivity index is 0.937. The van der Waals surface area contributed by atoms with Gasteiger partial charge in [-0.25, -0.2) is 19.9 Å². The van der Waals surface area contributed by atoms with E-state index in [1.54, 1.807) is 0 Å². The Morgan fingerprint density at radius 2 is 0.667 bits per heavy atom. The smallest absolute Gasteiger partial charge is 0.238 e. The Bertz CT molecular complexity index is 4820. The number of para-hydroxylation sites is 2. The quantitative estimate of drug-likeness (QED) is 0.143. The highest BCUT2D eigenvalue weighted by molar-refractivity contribution is 6.23. The maximum atomic E-state index is 5.60. The van der Waals surface area contributed by atoms with Crippen LogP contribution in [-0.2, 0) is 5.41 Å². The van der Waals surface area contributed by atoms with Gasteiger partial charge in [0, 0.05) is 55.0 Å². The van der Waals surface area contributed by atoms with Gasteiger partial charge in [-0.1, -0.05) is 249 Å². The number of rotatable bonds is 9. The summed E-state index contributed by atoms with van der Waals surface area (Å²) in [6.07, 6.45) is 0. The third kappa shape index (κ3) is 7.31. The first kappa shape index (κ1) is 46.2. The highest BCUT2D eigenvalue weighted by Crippen LogP contribution is 2.56. The van der Waals surface area contributed by atoms with Crippen LogP contribution in [0, 0.1) is 0 Å². The average molecular weight is 1040 g/mol. The summed E-state index contributed by atoms with van der Waals surface area (Å²) in [5, 5.41) is 4.38. The molecule has 8 heteroatoms. The molecule has 81 heavy (non-hydrogen) atoms. The van der Waals surface area contributed by atoms with E-state index in [0.717, 1.165) is 82.7 Å². The minimum Gasteiger partial charge on any atom is -0.307 e. The molecule has 1 aliphatic rings. The maximum Gasteiger partial charge on any atom is 0.238 e. The lowest BCUT2D eigenvalue weighted by molar-refractivity contribution is 0.768. The van der Waals surface area contributed by atoms with Gasteiger partial charge in [0.25, 0.3) is 0 Å². The number of hydrogen-bond acceptors (Lipinski definition) is 6. The fraction of sp³-hybridized carbons (Fsp3) is 0.0137. The van der Waals surface area contributed by atoms with Gasteiger partial charge >= 0.3 is 0 Å². The Hall–Kier alpha value is -11.0. The van der Waals surface area contributed by atoms with Crippen molar-refractivity contribution in [3.8, 4) is 79.7 Å². The van der Waals surface area contributed by atoms with Gasteiger partial charge in [-0.3, -0.25) is 4.57 Å². The summed E-state index contributed by atoms with van der Waals surface area (Å²) in [7, 11) is 0. The fourth-order valence-corrected chi connectivity index (χ4v) is 12.6. The Kier molecular flexibility index (Phi) is 10.6. The molecule has 0 unspecified atom stereocenters. The molecule has 0 saturated carbocycles. The van der Waals surface area contributed by atoms with Crippen LogP contribution >= 0.6 is 0 Å². The molecule has 378 valence electrons. The highest BCUT2D eigenvalue weighted by atomic mass is 15.2. The van der Waals surface area contributed by atoms with Crippen LogP contribution in [0.5, 0.6) is 0 Å². The number of benzene rings is 11.